The van der Waals surface area contributed by atoms with Crippen LogP contribution in [0.2, 0.25) is 0 Å². The van der Waals surface area contributed by atoms with E-state index in [0.717, 1.165) is 22.9 Å². The van der Waals surface area contributed by atoms with Crippen molar-refractivity contribution >= 4 is 21.7 Å². The second kappa shape index (κ2) is 4.06. The van der Waals surface area contributed by atoms with Crippen LogP contribution in [0.3, 0.4) is 0 Å². The van der Waals surface area contributed by atoms with Gasteiger partial charge in [-0.15, -0.1) is 0 Å². The zero-order valence-corrected chi connectivity index (χ0v) is 10.2. The molecule has 2 nitrogen and oxygen atoms in total. The van der Waals surface area contributed by atoms with E-state index >= 15 is 0 Å². The monoisotopic (exact) mass is 268 g/mol. The minimum atomic E-state index is -0.603. The highest BCUT2D eigenvalue weighted by Gasteiger charge is 2.37. The van der Waals surface area contributed by atoms with E-state index in [1.807, 2.05) is 31.2 Å². The number of carbonyl (C=O) groups is 1. The van der Waals surface area contributed by atoms with Crippen LogP contribution < -0.4 is 0 Å². The number of ketones is 1. The fourth-order valence-electron chi connectivity index (χ4n) is 1.86. The normalized spacial score (nSPS) is 25.5. The Labute approximate surface area is 97.8 Å². The van der Waals surface area contributed by atoms with Gasteiger partial charge in [0, 0.05) is 16.6 Å². The first kappa shape index (κ1) is 10.8. The van der Waals surface area contributed by atoms with Crippen molar-refractivity contribution in [3.8, 4) is 0 Å². The smallest absolute Gasteiger partial charge is 0.194 e. The Hall–Kier alpha value is -0.670. The van der Waals surface area contributed by atoms with Crippen molar-refractivity contribution in [3.63, 3.8) is 0 Å². The average molecular weight is 269 g/mol. The van der Waals surface area contributed by atoms with Gasteiger partial charge in [0.1, 0.15) is 5.60 Å². The van der Waals surface area contributed by atoms with Crippen LogP contribution in [0.4, 0.5) is 0 Å². The molecule has 80 valence electrons. The molecule has 0 saturated carbocycles. The molecule has 1 aromatic carbocycles. The lowest BCUT2D eigenvalue weighted by atomic mass is 9.92. The van der Waals surface area contributed by atoms with Crippen LogP contribution in [0.25, 0.3) is 0 Å². The quantitative estimate of drug-likeness (QED) is 0.771. The zero-order valence-electron chi connectivity index (χ0n) is 8.63. The number of hydrogen-bond donors (Lipinski definition) is 0. The standard InChI is InChI=1S/C12H13BrO2/c1-12(7-2-8-15-12)11(14)9-3-5-10(13)6-4-9/h3-6H,2,7-8H2,1H3. The van der Waals surface area contributed by atoms with Gasteiger partial charge in [0.2, 0.25) is 0 Å². The lowest BCUT2D eigenvalue weighted by Gasteiger charge is -2.21. The Morgan fingerprint density at radius 3 is 2.60 bits per heavy atom. The summed E-state index contributed by atoms with van der Waals surface area (Å²) < 4.78 is 6.51. The molecule has 1 aliphatic heterocycles. The zero-order chi connectivity index (χ0) is 10.9. The lowest BCUT2D eigenvalue weighted by Crippen LogP contribution is -2.34. The molecule has 1 heterocycles. The molecule has 1 saturated heterocycles. The van der Waals surface area contributed by atoms with Gasteiger partial charge < -0.3 is 4.74 Å². The molecule has 1 atom stereocenters. The Morgan fingerprint density at radius 1 is 1.40 bits per heavy atom. The summed E-state index contributed by atoms with van der Waals surface area (Å²) in [7, 11) is 0. The van der Waals surface area contributed by atoms with Gasteiger partial charge in [-0.05, 0) is 31.9 Å². The maximum Gasteiger partial charge on any atom is 0.194 e. The van der Waals surface area contributed by atoms with E-state index in [0.29, 0.717) is 6.61 Å². The fraction of sp³-hybridized carbons (Fsp3) is 0.417. The average Bonchev–Trinajstić information content (AvgIpc) is 2.67. The van der Waals surface area contributed by atoms with Crippen molar-refractivity contribution in [3.05, 3.63) is 34.3 Å². The Balaban J connectivity index is 2.24. The van der Waals surface area contributed by atoms with Crippen LogP contribution in [0.5, 0.6) is 0 Å². The van der Waals surface area contributed by atoms with Crippen molar-refractivity contribution in [2.75, 3.05) is 6.61 Å². The summed E-state index contributed by atoms with van der Waals surface area (Å²) in [5, 5.41) is 0. The number of Topliss-reactive ketones (excluding diaryl/α,β-unsaturated/α-hetero) is 1. The topological polar surface area (TPSA) is 26.3 Å². The first-order valence-corrected chi connectivity index (χ1v) is 5.85. The predicted molar refractivity (Wildman–Crippen MR) is 62.1 cm³/mol. The van der Waals surface area contributed by atoms with Gasteiger partial charge in [-0.3, -0.25) is 4.79 Å². The van der Waals surface area contributed by atoms with Gasteiger partial charge in [-0.1, -0.05) is 28.1 Å². The summed E-state index contributed by atoms with van der Waals surface area (Å²) >= 11 is 3.35. The minimum Gasteiger partial charge on any atom is -0.367 e. The predicted octanol–water partition coefficient (Wildman–Crippen LogP) is 3.20. The van der Waals surface area contributed by atoms with Gasteiger partial charge >= 0.3 is 0 Å². The molecule has 0 amide bonds. The molecule has 0 radical (unpaired) electrons. The molecule has 1 aliphatic rings. The molecule has 0 bridgehead atoms. The summed E-state index contributed by atoms with van der Waals surface area (Å²) in [5.74, 6) is 0.0903. The van der Waals surface area contributed by atoms with Gasteiger partial charge in [0.25, 0.3) is 0 Å². The van der Waals surface area contributed by atoms with Gasteiger partial charge in [-0.2, -0.15) is 0 Å². The van der Waals surface area contributed by atoms with Crippen LogP contribution in [-0.2, 0) is 4.74 Å². The molecule has 0 aromatic heterocycles. The van der Waals surface area contributed by atoms with Crippen LogP contribution in [0.15, 0.2) is 28.7 Å². The minimum absolute atomic E-state index is 0.0903. The number of hydrogen-bond acceptors (Lipinski definition) is 2. The van der Waals surface area contributed by atoms with Gasteiger partial charge in [0.05, 0.1) is 0 Å². The third-order valence-electron chi connectivity index (χ3n) is 2.81. The number of ether oxygens (including phenoxy) is 1. The highest BCUT2D eigenvalue weighted by atomic mass is 79.9. The van der Waals surface area contributed by atoms with Crippen LogP contribution in [0.1, 0.15) is 30.1 Å². The summed E-state index contributed by atoms with van der Waals surface area (Å²) in [6.45, 7) is 2.57. The number of carbonyl (C=O) groups excluding carboxylic acids is 1. The van der Waals surface area contributed by atoms with Crippen LogP contribution in [-0.4, -0.2) is 18.0 Å². The molecule has 0 aliphatic carbocycles. The second-order valence-electron chi connectivity index (χ2n) is 4.02. The van der Waals surface area contributed by atoms with Crippen LogP contribution in [0, 0.1) is 0 Å². The summed E-state index contributed by atoms with van der Waals surface area (Å²) in [5.41, 5.74) is 0.121. The molecular weight excluding hydrogens is 256 g/mol. The van der Waals surface area contributed by atoms with E-state index in [1.54, 1.807) is 0 Å². The molecule has 1 aromatic rings. The Kier molecular flexibility index (Phi) is 2.94. The molecule has 3 heteroatoms. The maximum absolute atomic E-state index is 12.1. The molecule has 0 spiro atoms. The van der Waals surface area contributed by atoms with E-state index < -0.39 is 5.60 Å². The van der Waals surface area contributed by atoms with Crippen molar-refractivity contribution in [2.45, 2.75) is 25.4 Å². The molecule has 0 N–H and O–H groups in total. The molecule has 1 unspecified atom stereocenters. The molecule has 2 rings (SSSR count). The van der Waals surface area contributed by atoms with Crippen LogP contribution >= 0.6 is 15.9 Å². The van der Waals surface area contributed by atoms with E-state index in [9.17, 15) is 4.79 Å². The van der Waals surface area contributed by atoms with E-state index in [4.69, 9.17) is 4.74 Å². The number of benzene rings is 1. The molecule has 1 fully saturated rings. The SMILES string of the molecule is CC1(C(=O)c2ccc(Br)cc2)CCCO1. The Bertz CT molecular complexity index is 364. The highest BCUT2D eigenvalue weighted by molar-refractivity contribution is 9.10. The summed E-state index contributed by atoms with van der Waals surface area (Å²) in [6, 6.07) is 7.43. The first-order chi connectivity index (χ1) is 7.12. The van der Waals surface area contributed by atoms with Gasteiger partial charge in [-0.25, -0.2) is 0 Å². The second-order valence-corrected chi connectivity index (χ2v) is 4.93. The molecular formula is C12H13BrO2. The van der Waals surface area contributed by atoms with E-state index in [1.165, 1.54) is 0 Å². The van der Waals surface area contributed by atoms with E-state index in [-0.39, 0.29) is 5.78 Å². The van der Waals surface area contributed by atoms with Crippen molar-refractivity contribution < 1.29 is 9.53 Å². The first-order valence-electron chi connectivity index (χ1n) is 5.06. The van der Waals surface area contributed by atoms with Crippen molar-refractivity contribution in [2.24, 2.45) is 0 Å². The third kappa shape index (κ3) is 2.13. The van der Waals surface area contributed by atoms with Crippen molar-refractivity contribution in [1.29, 1.82) is 0 Å². The largest absolute Gasteiger partial charge is 0.367 e. The fourth-order valence-corrected chi connectivity index (χ4v) is 2.13. The highest BCUT2D eigenvalue weighted by Crippen LogP contribution is 2.29. The Morgan fingerprint density at radius 2 is 2.07 bits per heavy atom. The number of halogens is 1. The number of rotatable bonds is 2. The lowest BCUT2D eigenvalue weighted by molar-refractivity contribution is 0.0213. The van der Waals surface area contributed by atoms with Gasteiger partial charge in [0.15, 0.2) is 5.78 Å². The van der Waals surface area contributed by atoms with Crippen molar-refractivity contribution in [1.82, 2.24) is 0 Å². The summed E-state index contributed by atoms with van der Waals surface area (Å²) in [4.78, 5) is 12.1. The summed E-state index contributed by atoms with van der Waals surface area (Å²) in [6.07, 6.45) is 1.79. The third-order valence-corrected chi connectivity index (χ3v) is 3.33. The molecule has 15 heavy (non-hydrogen) atoms. The van der Waals surface area contributed by atoms with E-state index in [2.05, 4.69) is 15.9 Å². The maximum atomic E-state index is 12.1.